The zero-order valence-corrected chi connectivity index (χ0v) is 11.2. The van der Waals surface area contributed by atoms with E-state index in [0.29, 0.717) is 6.04 Å². The van der Waals surface area contributed by atoms with Gasteiger partial charge in [0.05, 0.1) is 6.04 Å². The van der Waals surface area contributed by atoms with E-state index in [0.717, 1.165) is 24.2 Å². The number of aryl methyl sites for hydroxylation is 1. The summed E-state index contributed by atoms with van der Waals surface area (Å²) in [6, 6.07) is 8.00. The summed E-state index contributed by atoms with van der Waals surface area (Å²) in [5.74, 6) is 0.0387. The Labute approximate surface area is 104 Å². The maximum atomic E-state index is 11.8. The molecule has 1 fully saturated rings. The van der Waals surface area contributed by atoms with E-state index < -0.39 is 0 Å². The maximum absolute atomic E-state index is 11.8. The van der Waals surface area contributed by atoms with Crippen molar-refractivity contribution in [2.45, 2.75) is 26.8 Å². The van der Waals surface area contributed by atoms with Crippen molar-refractivity contribution in [1.29, 1.82) is 0 Å². The molecule has 1 aliphatic heterocycles. The first-order chi connectivity index (χ1) is 8.15. The molecule has 1 heterocycles. The number of amides is 1. The van der Waals surface area contributed by atoms with Gasteiger partial charge in [-0.05, 0) is 26.1 Å². The molecule has 0 bridgehead atoms. The third-order valence-corrected chi connectivity index (χ3v) is 2.68. The summed E-state index contributed by atoms with van der Waals surface area (Å²) in [5, 5.41) is 3.01. The van der Waals surface area contributed by atoms with Crippen LogP contribution < -0.4 is 5.32 Å². The second-order valence-corrected chi connectivity index (χ2v) is 4.26. The number of likely N-dealkylation sites (N-methyl/N-ethyl adjacent to an activating group) is 1. The number of nitrogens with one attached hydrogen (secondary N) is 1. The van der Waals surface area contributed by atoms with Crippen LogP contribution in [0.2, 0.25) is 0 Å². The van der Waals surface area contributed by atoms with E-state index in [1.54, 1.807) is 0 Å². The Bertz CT molecular complexity index is 370. The van der Waals surface area contributed by atoms with Crippen molar-refractivity contribution in [3.8, 4) is 0 Å². The molecule has 3 heteroatoms. The van der Waals surface area contributed by atoms with E-state index in [-0.39, 0.29) is 5.91 Å². The summed E-state index contributed by atoms with van der Waals surface area (Å²) in [5.41, 5.74) is 1.87. The molecule has 17 heavy (non-hydrogen) atoms. The minimum Gasteiger partial charge on any atom is -0.347 e. The zero-order chi connectivity index (χ0) is 12.8. The van der Waals surface area contributed by atoms with Crippen molar-refractivity contribution in [2.24, 2.45) is 0 Å². The largest absolute Gasteiger partial charge is 0.347 e. The Balaban J connectivity index is 0.000000686. The third-order valence-electron chi connectivity index (χ3n) is 2.68. The normalized spacial score (nSPS) is 15.5. The summed E-state index contributed by atoms with van der Waals surface area (Å²) in [4.78, 5) is 14.0. The minimum atomic E-state index is 0.0387. The van der Waals surface area contributed by atoms with Crippen LogP contribution in [-0.4, -0.2) is 37.0 Å². The van der Waals surface area contributed by atoms with E-state index >= 15 is 0 Å². The first-order valence-corrected chi connectivity index (χ1v) is 6.21. The molecule has 0 radical (unpaired) electrons. The molecule has 3 nitrogen and oxygen atoms in total. The Hall–Kier alpha value is -1.35. The van der Waals surface area contributed by atoms with Crippen LogP contribution >= 0.6 is 0 Å². The fourth-order valence-electron chi connectivity index (χ4n) is 1.85. The van der Waals surface area contributed by atoms with Crippen LogP contribution in [0.25, 0.3) is 0 Å². The van der Waals surface area contributed by atoms with Crippen molar-refractivity contribution in [1.82, 2.24) is 10.2 Å². The molecule has 0 aliphatic carbocycles. The van der Waals surface area contributed by atoms with Crippen LogP contribution in [0.3, 0.4) is 0 Å². The summed E-state index contributed by atoms with van der Waals surface area (Å²) >= 11 is 0. The molecule has 0 aromatic heterocycles. The van der Waals surface area contributed by atoms with E-state index in [1.807, 2.05) is 45.0 Å². The van der Waals surface area contributed by atoms with Crippen molar-refractivity contribution in [3.63, 3.8) is 0 Å². The highest BCUT2D eigenvalue weighted by atomic mass is 16.1. The summed E-state index contributed by atoms with van der Waals surface area (Å²) in [6.45, 7) is 7.91. The van der Waals surface area contributed by atoms with E-state index in [2.05, 4.69) is 17.3 Å². The van der Waals surface area contributed by atoms with Crippen molar-refractivity contribution < 1.29 is 4.79 Å². The van der Waals surface area contributed by atoms with E-state index in [9.17, 15) is 4.79 Å². The minimum absolute atomic E-state index is 0.0387. The van der Waals surface area contributed by atoms with Crippen molar-refractivity contribution in [2.75, 3.05) is 20.1 Å². The van der Waals surface area contributed by atoms with Gasteiger partial charge in [-0.25, -0.2) is 0 Å². The van der Waals surface area contributed by atoms with Crippen molar-refractivity contribution in [3.05, 3.63) is 35.4 Å². The average molecular weight is 234 g/mol. The lowest BCUT2D eigenvalue weighted by atomic mass is 10.1. The Kier molecular flexibility index (Phi) is 5.16. The highest BCUT2D eigenvalue weighted by Crippen LogP contribution is 2.07. The molecule has 1 amide bonds. The predicted octanol–water partition coefficient (Wildman–Crippen LogP) is 2.07. The second-order valence-electron chi connectivity index (χ2n) is 4.26. The van der Waals surface area contributed by atoms with Gasteiger partial charge in [0.1, 0.15) is 0 Å². The first-order valence-electron chi connectivity index (χ1n) is 6.21. The zero-order valence-electron chi connectivity index (χ0n) is 11.2. The quantitative estimate of drug-likeness (QED) is 0.849. The van der Waals surface area contributed by atoms with Gasteiger partial charge in [-0.15, -0.1) is 0 Å². The van der Waals surface area contributed by atoms with Crippen LogP contribution in [0.5, 0.6) is 0 Å². The van der Waals surface area contributed by atoms with E-state index in [1.165, 1.54) is 0 Å². The molecule has 1 aliphatic rings. The summed E-state index contributed by atoms with van der Waals surface area (Å²) in [7, 11) is 2.05. The second kappa shape index (κ2) is 6.40. The van der Waals surface area contributed by atoms with Crippen LogP contribution in [0.4, 0.5) is 0 Å². The lowest BCUT2D eigenvalue weighted by Crippen LogP contribution is -2.57. The van der Waals surface area contributed by atoms with Gasteiger partial charge >= 0.3 is 0 Å². The monoisotopic (exact) mass is 234 g/mol. The van der Waals surface area contributed by atoms with Crippen LogP contribution in [-0.2, 0) is 0 Å². The highest BCUT2D eigenvalue weighted by molar-refractivity contribution is 5.94. The number of hydrogen-bond acceptors (Lipinski definition) is 2. The molecule has 1 aromatic carbocycles. The number of rotatable bonds is 2. The van der Waals surface area contributed by atoms with Crippen molar-refractivity contribution >= 4 is 5.91 Å². The third kappa shape index (κ3) is 3.86. The van der Waals surface area contributed by atoms with Gasteiger partial charge < -0.3 is 10.2 Å². The average Bonchev–Trinajstić information content (AvgIpc) is 2.29. The van der Waals surface area contributed by atoms with Gasteiger partial charge in [0.15, 0.2) is 0 Å². The van der Waals surface area contributed by atoms with Gasteiger partial charge in [0.2, 0.25) is 0 Å². The van der Waals surface area contributed by atoms with Crippen LogP contribution in [0, 0.1) is 6.92 Å². The molecule has 0 spiro atoms. The SMILES string of the molecule is CC.Cc1cccc(C(=O)NC2CN(C)C2)c1. The number of likely N-dealkylation sites (tertiary alicyclic amines) is 1. The smallest absolute Gasteiger partial charge is 0.251 e. The number of carbonyl (C=O) groups is 1. The molecule has 2 rings (SSSR count). The molecule has 0 atom stereocenters. The fourth-order valence-corrected chi connectivity index (χ4v) is 1.85. The lowest BCUT2D eigenvalue weighted by molar-refractivity contribution is 0.0857. The fraction of sp³-hybridized carbons (Fsp3) is 0.500. The van der Waals surface area contributed by atoms with Gasteiger partial charge in [0.25, 0.3) is 5.91 Å². The number of nitrogens with zero attached hydrogens (tertiary/aromatic N) is 1. The number of benzene rings is 1. The number of hydrogen-bond donors (Lipinski definition) is 1. The lowest BCUT2D eigenvalue weighted by Gasteiger charge is -2.36. The van der Waals surface area contributed by atoms with Gasteiger partial charge in [-0.3, -0.25) is 4.79 Å². The molecule has 1 saturated heterocycles. The molecular weight excluding hydrogens is 212 g/mol. The number of carbonyl (C=O) groups excluding carboxylic acids is 1. The molecule has 0 saturated carbocycles. The van der Waals surface area contributed by atoms with Gasteiger partial charge in [0, 0.05) is 18.7 Å². The molecule has 94 valence electrons. The van der Waals surface area contributed by atoms with Gasteiger partial charge in [-0.2, -0.15) is 0 Å². The maximum Gasteiger partial charge on any atom is 0.251 e. The van der Waals surface area contributed by atoms with Gasteiger partial charge in [-0.1, -0.05) is 31.5 Å². The Morgan fingerprint density at radius 2 is 2.00 bits per heavy atom. The first kappa shape index (κ1) is 13.7. The summed E-state index contributed by atoms with van der Waals surface area (Å²) in [6.07, 6.45) is 0. The standard InChI is InChI=1S/C12H16N2O.C2H6/c1-9-4-3-5-10(6-9)12(15)13-11-7-14(2)8-11;1-2/h3-6,11H,7-8H2,1-2H3,(H,13,15);1-2H3. The molecule has 1 N–H and O–H groups in total. The molecule has 0 unspecified atom stereocenters. The van der Waals surface area contributed by atoms with Crippen LogP contribution in [0.1, 0.15) is 29.8 Å². The molecule has 1 aromatic rings. The summed E-state index contributed by atoms with van der Waals surface area (Å²) < 4.78 is 0. The Morgan fingerprint density at radius 1 is 1.35 bits per heavy atom. The Morgan fingerprint density at radius 3 is 2.53 bits per heavy atom. The topological polar surface area (TPSA) is 32.3 Å². The molecular formula is C14H22N2O. The van der Waals surface area contributed by atoms with Crippen LogP contribution in [0.15, 0.2) is 24.3 Å². The highest BCUT2D eigenvalue weighted by Gasteiger charge is 2.24. The van der Waals surface area contributed by atoms with E-state index in [4.69, 9.17) is 0 Å². The predicted molar refractivity (Wildman–Crippen MR) is 71.3 cm³/mol.